The van der Waals surface area contributed by atoms with Crippen LogP contribution in [0.5, 0.6) is 0 Å². The van der Waals surface area contributed by atoms with Gasteiger partial charge in [0.1, 0.15) is 24.8 Å². The van der Waals surface area contributed by atoms with Crippen molar-refractivity contribution in [3.05, 3.63) is 0 Å². The SMILES string of the molecule is CCC1OC(=O)C(C)C(=O)C(C)[C@@H](OC2CC(N(C)C)CC(C)O2)C(C)(C)OC/C(=N\OC)CO[C@H]([C@@H](C)C(=N)C(C)C)[C@H]1C. The van der Waals surface area contributed by atoms with Gasteiger partial charge in [-0.05, 0) is 60.5 Å². The molecule has 2 aliphatic rings. The second-order valence-corrected chi connectivity index (χ2v) is 14.1. The Morgan fingerprint density at radius 1 is 1.09 bits per heavy atom. The predicted molar refractivity (Wildman–Crippen MR) is 175 cm³/mol. The van der Waals surface area contributed by atoms with Crippen LogP contribution in [0.1, 0.15) is 88.5 Å². The van der Waals surface area contributed by atoms with Crippen LogP contribution in [0.2, 0.25) is 0 Å². The standard InChI is InChI=1S/C34H61N3O8/c1-14-27-21(5)31(22(6)29(35)19(2)3)41-17-25(36-40-13)18-42-34(9,10)32(23(7)30(38)24(8)33(39)44-27)45-28-16-26(37(11)12)15-20(4)43-28/h19-24,26-28,31-32,35H,14-18H2,1-13H3/b35-29?,36-25-/t20?,21-,22-,23?,24?,26?,27?,28?,31-,32+/m0/s1. The molecule has 0 aliphatic carbocycles. The molecule has 10 atom stereocenters. The molecule has 11 heteroatoms. The van der Waals surface area contributed by atoms with Crippen LogP contribution in [0.25, 0.3) is 0 Å². The third kappa shape index (κ3) is 10.5. The van der Waals surface area contributed by atoms with Gasteiger partial charge in [0.25, 0.3) is 0 Å². The number of ketones is 1. The molecule has 0 bridgehead atoms. The van der Waals surface area contributed by atoms with Gasteiger partial charge in [-0.25, -0.2) is 0 Å². The number of nitrogens with zero attached hydrogens (tertiary/aromatic N) is 2. The second-order valence-electron chi connectivity index (χ2n) is 14.1. The summed E-state index contributed by atoms with van der Waals surface area (Å²) >= 11 is 0. The molecule has 2 heterocycles. The Morgan fingerprint density at radius 3 is 2.29 bits per heavy atom. The summed E-state index contributed by atoms with van der Waals surface area (Å²) in [6.45, 7) is 19.1. The first-order valence-corrected chi connectivity index (χ1v) is 16.6. The van der Waals surface area contributed by atoms with Crippen LogP contribution in [0.15, 0.2) is 5.16 Å². The largest absolute Gasteiger partial charge is 0.461 e. The maximum Gasteiger partial charge on any atom is 0.316 e. The third-order valence-corrected chi connectivity index (χ3v) is 9.50. The zero-order valence-electron chi connectivity index (χ0n) is 30.0. The lowest BCUT2D eigenvalue weighted by atomic mass is 9.82. The van der Waals surface area contributed by atoms with E-state index in [0.717, 1.165) is 6.42 Å². The highest BCUT2D eigenvalue weighted by atomic mass is 16.7. The van der Waals surface area contributed by atoms with Gasteiger partial charge in [-0.1, -0.05) is 46.7 Å². The van der Waals surface area contributed by atoms with Gasteiger partial charge >= 0.3 is 5.97 Å². The molecule has 6 unspecified atom stereocenters. The number of carbonyl (C=O) groups is 2. The summed E-state index contributed by atoms with van der Waals surface area (Å²) in [7, 11) is 5.54. The Kier molecular flexibility index (Phi) is 15.1. The molecule has 2 saturated heterocycles. The van der Waals surface area contributed by atoms with Crippen molar-refractivity contribution in [3.63, 3.8) is 0 Å². The van der Waals surface area contributed by atoms with Crippen LogP contribution in [0.4, 0.5) is 0 Å². The average molecular weight is 640 g/mol. The minimum atomic E-state index is -1.02. The molecule has 260 valence electrons. The van der Waals surface area contributed by atoms with Gasteiger partial charge in [-0.15, -0.1) is 0 Å². The maximum absolute atomic E-state index is 14.0. The van der Waals surface area contributed by atoms with Crippen LogP contribution in [0.3, 0.4) is 0 Å². The molecule has 2 rings (SSSR count). The number of rotatable bonds is 8. The van der Waals surface area contributed by atoms with Gasteiger partial charge in [0.2, 0.25) is 0 Å². The molecule has 0 saturated carbocycles. The molecule has 0 amide bonds. The molecule has 2 fully saturated rings. The first-order valence-electron chi connectivity index (χ1n) is 16.6. The van der Waals surface area contributed by atoms with Crippen molar-refractivity contribution in [1.29, 1.82) is 5.41 Å². The number of carbonyl (C=O) groups excluding carboxylic acids is 2. The molecule has 0 aromatic carbocycles. The molecule has 0 spiro atoms. The summed E-state index contributed by atoms with van der Waals surface area (Å²) in [5.41, 5.74) is 0.0467. The van der Waals surface area contributed by atoms with Gasteiger partial charge < -0.3 is 38.8 Å². The number of cyclic esters (lactones) is 1. The fourth-order valence-electron chi connectivity index (χ4n) is 6.53. The van der Waals surface area contributed by atoms with Gasteiger partial charge in [0.15, 0.2) is 12.1 Å². The predicted octanol–water partition coefficient (Wildman–Crippen LogP) is 5.13. The fraction of sp³-hybridized carbons (Fsp3) is 0.882. The number of hydrogen-bond donors (Lipinski definition) is 1. The summed E-state index contributed by atoms with van der Waals surface area (Å²) in [5, 5.41) is 12.9. The van der Waals surface area contributed by atoms with E-state index in [9.17, 15) is 9.59 Å². The average Bonchev–Trinajstić information content (AvgIpc) is 2.98. The lowest BCUT2D eigenvalue weighted by molar-refractivity contribution is -0.259. The van der Waals surface area contributed by atoms with Gasteiger partial charge in [-0.3, -0.25) is 9.59 Å². The van der Waals surface area contributed by atoms with Crippen molar-refractivity contribution >= 4 is 23.2 Å². The molecule has 45 heavy (non-hydrogen) atoms. The number of Topliss-reactive ketones (excluding diaryl/α,β-unsaturated/α-hetero) is 1. The first-order chi connectivity index (χ1) is 20.9. The van der Waals surface area contributed by atoms with E-state index >= 15 is 0 Å². The Balaban J connectivity index is 2.53. The van der Waals surface area contributed by atoms with E-state index in [4.69, 9.17) is 33.9 Å². The molecular weight excluding hydrogens is 578 g/mol. The van der Waals surface area contributed by atoms with Crippen molar-refractivity contribution in [2.75, 3.05) is 34.4 Å². The number of esters is 1. The van der Waals surface area contributed by atoms with Crippen molar-refractivity contribution in [3.8, 4) is 0 Å². The van der Waals surface area contributed by atoms with Crippen LogP contribution >= 0.6 is 0 Å². The summed E-state index contributed by atoms with van der Waals surface area (Å²) in [5.74, 6) is -3.13. The molecule has 11 nitrogen and oxygen atoms in total. The van der Waals surface area contributed by atoms with E-state index in [1.807, 2.05) is 69.5 Å². The molecule has 0 aromatic heterocycles. The van der Waals surface area contributed by atoms with E-state index < -0.39 is 48.0 Å². The highest BCUT2D eigenvalue weighted by molar-refractivity contribution is 6.00. The van der Waals surface area contributed by atoms with Crippen molar-refractivity contribution < 1.29 is 38.1 Å². The fourth-order valence-corrected chi connectivity index (χ4v) is 6.53. The maximum atomic E-state index is 14.0. The first kappa shape index (κ1) is 39.3. The van der Waals surface area contributed by atoms with E-state index in [0.29, 0.717) is 24.3 Å². The van der Waals surface area contributed by atoms with Crippen LogP contribution in [-0.2, 0) is 38.1 Å². The van der Waals surface area contributed by atoms with E-state index in [1.165, 1.54) is 7.11 Å². The highest BCUT2D eigenvalue weighted by Gasteiger charge is 2.45. The number of nitrogens with one attached hydrogen (secondary N) is 1. The smallest absolute Gasteiger partial charge is 0.316 e. The molecule has 2 aliphatic heterocycles. The number of oxime groups is 1. The number of ether oxygens (including phenoxy) is 5. The third-order valence-electron chi connectivity index (χ3n) is 9.50. The topological polar surface area (TPSA) is 129 Å². The normalized spacial score (nSPS) is 35.9. The van der Waals surface area contributed by atoms with E-state index in [-0.39, 0.29) is 48.9 Å². The Morgan fingerprint density at radius 2 is 1.73 bits per heavy atom. The molecule has 0 aromatic rings. The van der Waals surface area contributed by atoms with Crippen molar-refractivity contribution in [2.45, 2.75) is 131 Å². The Hall–Kier alpha value is -1.92. The minimum Gasteiger partial charge on any atom is -0.461 e. The molecular formula is C34H61N3O8. The van der Waals surface area contributed by atoms with Crippen LogP contribution in [-0.4, -0.2) is 105 Å². The number of hydrogen-bond acceptors (Lipinski definition) is 11. The lowest BCUT2D eigenvalue weighted by Gasteiger charge is -2.43. The van der Waals surface area contributed by atoms with E-state index in [1.54, 1.807) is 13.8 Å². The van der Waals surface area contributed by atoms with Gasteiger partial charge in [0, 0.05) is 35.9 Å². The quantitative estimate of drug-likeness (QED) is 0.166. The monoisotopic (exact) mass is 639 g/mol. The minimum absolute atomic E-state index is 0.0199. The zero-order chi connectivity index (χ0) is 34.2. The summed E-state index contributed by atoms with van der Waals surface area (Å²) in [4.78, 5) is 34.8. The van der Waals surface area contributed by atoms with Crippen molar-refractivity contribution in [2.24, 2.45) is 34.7 Å². The Bertz CT molecular complexity index is 1020. The molecule has 0 radical (unpaired) electrons. The van der Waals surface area contributed by atoms with Gasteiger partial charge in [0.05, 0.1) is 37.1 Å². The highest BCUT2D eigenvalue weighted by Crippen LogP contribution is 2.33. The second kappa shape index (κ2) is 17.3. The van der Waals surface area contributed by atoms with Crippen LogP contribution < -0.4 is 0 Å². The summed E-state index contributed by atoms with van der Waals surface area (Å²) in [6.07, 6.45) is -0.304. The Labute approximate surface area is 271 Å². The summed E-state index contributed by atoms with van der Waals surface area (Å²) < 4.78 is 31.8. The zero-order valence-corrected chi connectivity index (χ0v) is 30.0. The van der Waals surface area contributed by atoms with Crippen LogP contribution in [0, 0.1) is 35.0 Å². The van der Waals surface area contributed by atoms with E-state index in [2.05, 4.69) is 10.1 Å². The summed E-state index contributed by atoms with van der Waals surface area (Å²) in [6, 6.07) is 0.253. The molecule has 1 N–H and O–H groups in total. The lowest BCUT2D eigenvalue weighted by Crippen LogP contribution is -2.53. The van der Waals surface area contributed by atoms with Gasteiger partial charge in [-0.2, -0.15) is 0 Å². The van der Waals surface area contributed by atoms with Crippen molar-refractivity contribution in [1.82, 2.24) is 4.90 Å².